The van der Waals surface area contributed by atoms with Crippen LogP contribution in [-0.2, 0) is 11.2 Å². The molecule has 0 saturated heterocycles. The van der Waals surface area contributed by atoms with Gasteiger partial charge in [-0.2, -0.15) is 0 Å². The van der Waals surface area contributed by atoms with Gasteiger partial charge in [0.05, 0.1) is 6.20 Å². The maximum absolute atomic E-state index is 11.6. The number of nitrogens with one attached hydrogen (secondary N) is 1. The molecule has 1 aromatic carbocycles. The van der Waals surface area contributed by atoms with Crippen molar-refractivity contribution in [2.75, 3.05) is 13.2 Å². The van der Waals surface area contributed by atoms with Crippen molar-refractivity contribution in [3.63, 3.8) is 0 Å². The average molecular weight is 274 g/mol. The summed E-state index contributed by atoms with van der Waals surface area (Å²) in [6, 6.07) is 7.63. The third kappa shape index (κ3) is 4.76. The molecule has 0 unspecified atom stereocenters. The number of carbonyl (C=O) groups excluding carboxylic acids is 1. The van der Waals surface area contributed by atoms with E-state index >= 15 is 0 Å². The molecule has 106 valence electrons. The van der Waals surface area contributed by atoms with E-state index < -0.39 is 0 Å². The number of benzene rings is 1. The molecule has 0 aliphatic heterocycles. The summed E-state index contributed by atoms with van der Waals surface area (Å²) in [7, 11) is 0. The predicted molar refractivity (Wildman–Crippen MR) is 74.5 cm³/mol. The lowest BCUT2D eigenvalue weighted by Gasteiger charge is -2.07. The van der Waals surface area contributed by atoms with Gasteiger partial charge >= 0.3 is 0 Å². The lowest BCUT2D eigenvalue weighted by atomic mass is 10.2. The third-order valence-electron chi connectivity index (χ3n) is 2.81. The summed E-state index contributed by atoms with van der Waals surface area (Å²) in [6.45, 7) is 2.63. The maximum atomic E-state index is 11.6. The zero-order valence-electron chi connectivity index (χ0n) is 11.5. The van der Waals surface area contributed by atoms with Crippen LogP contribution in [0.3, 0.4) is 0 Å². The second-order valence-electron chi connectivity index (χ2n) is 4.59. The van der Waals surface area contributed by atoms with Crippen LogP contribution in [0, 0.1) is 6.92 Å². The van der Waals surface area contributed by atoms with Crippen LogP contribution in [-0.4, -0.2) is 24.2 Å². The van der Waals surface area contributed by atoms with Crippen LogP contribution in [0.2, 0.25) is 0 Å². The van der Waals surface area contributed by atoms with E-state index in [9.17, 15) is 4.79 Å². The van der Waals surface area contributed by atoms with Crippen LogP contribution in [0.25, 0.3) is 0 Å². The van der Waals surface area contributed by atoms with Gasteiger partial charge in [-0.05, 0) is 37.5 Å². The Bertz CT molecular complexity index is 538. The van der Waals surface area contributed by atoms with Crippen molar-refractivity contribution in [1.82, 2.24) is 10.5 Å². The van der Waals surface area contributed by atoms with Crippen LogP contribution in [0.15, 0.2) is 41.2 Å². The summed E-state index contributed by atoms with van der Waals surface area (Å²) >= 11 is 0. The van der Waals surface area contributed by atoms with Crippen LogP contribution in [0.1, 0.15) is 17.5 Å². The van der Waals surface area contributed by atoms with Crippen molar-refractivity contribution in [2.24, 2.45) is 0 Å². The standard InChI is InChI=1S/C15H18N2O3/c1-12-4-2-6-14(8-12)19-11-15(18)16-7-3-5-13-9-17-20-10-13/h2,4,6,8-10H,3,5,7,11H2,1H3,(H,16,18). The van der Waals surface area contributed by atoms with Crippen molar-refractivity contribution < 1.29 is 14.1 Å². The molecule has 5 heteroatoms. The van der Waals surface area contributed by atoms with Gasteiger partial charge in [0.15, 0.2) is 6.61 Å². The van der Waals surface area contributed by atoms with Crippen LogP contribution in [0.4, 0.5) is 0 Å². The Morgan fingerprint density at radius 2 is 2.35 bits per heavy atom. The van der Waals surface area contributed by atoms with E-state index in [1.165, 1.54) is 0 Å². The Morgan fingerprint density at radius 3 is 3.10 bits per heavy atom. The summed E-state index contributed by atoms with van der Waals surface area (Å²) in [6.07, 6.45) is 4.98. The summed E-state index contributed by atoms with van der Waals surface area (Å²) < 4.78 is 10.1. The highest BCUT2D eigenvalue weighted by atomic mass is 16.5. The topological polar surface area (TPSA) is 64.4 Å². The van der Waals surface area contributed by atoms with Crippen molar-refractivity contribution in [1.29, 1.82) is 0 Å². The average Bonchev–Trinajstić information content (AvgIpc) is 2.95. The van der Waals surface area contributed by atoms with Gasteiger partial charge in [-0.1, -0.05) is 17.3 Å². The van der Waals surface area contributed by atoms with Crippen molar-refractivity contribution in [3.05, 3.63) is 47.9 Å². The van der Waals surface area contributed by atoms with Crippen molar-refractivity contribution in [3.8, 4) is 5.75 Å². The highest BCUT2D eigenvalue weighted by Gasteiger charge is 2.03. The van der Waals surface area contributed by atoms with Crippen LogP contribution >= 0.6 is 0 Å². The lowest BCUT2D eigenvalue weighted by molar-refractivity contribution is -0.123. The molecule has 0 fully saturated rings. The fraction of sp³-hybridized carbons (Fsp3) is 0.333. The quantitative estimate of drug-likeness (QED) is 0.785. The minimum Gasteiger partial charge on any atom is -0.484 e. The molecule has 0 aliphatic carbocycles. The molecule has 1 aromatic heterocycles. The first-order valence-corrected chi connectivity index (χ1v) is 6.58. The van der Waals surface area contributed by atoms with Gasteiger partial charge in [0, 0.05) is 12.1 Å². The molecule has 0 spiro atoms. The Kier molecular flexibility index (Phi) is 5.17. The Hall–Kier alpha value is -2.30. The third-order valence-corrected chi connectivity index (χ3v) is 2.81. The molecular formula is C15H18N2O3. The highest BCUT2D eigenvalue weighted by molar-refractivity contribution is 5.77. The van der Waals surface area contributed by atoms with Gasteiger partial charge in [0.2, 0.25) is 0 Å². The first kappa shape index (κ1) is 14.1. The number of aromatic nitrogens is 1. The lowest BCUT2D eigenvalue weighted by Crippen LogP contribution is -2.29. The molecule has 0 radical (unpaired) electrons. The molecule has 1 N–H and O–H groups in total. The Balaban J connectivity index is 1.61. The molecule has 0 saturated carbocycles. The van der Waals surface area contributed by atoms with Crippen LogP contribution in [0.5, 0.6) is 5.75 Å². The Labute approximate surface area is 117 Å². The summed E-state index contributed by atoms with van der Waals surface area (Å²) in [5.74, 6) is 0.599. The van der Waals surface area contributed by atoms with Gasteiger partial charge < -0.3 is 14.6 Å². The normalized spacial score (nSPS) is 10.2. The fourth-order valence-corrected chi connectivity index (χ4v) is 1.78. The van der Waals surface area contributed by atoms with Crippen molar-refractivity contribution in [2.45, 2.75) is 19.8 Å². The summed E-state index contributed by atoms with van der Waals surface area (Å²) in [5, 5.41) is 6.44. The number of ether oxygens (including phenoxy) is 1. The monoisotopic (exact) mass is 274 g/mol. The van der Waals surface area contributed by atoms with Gasteiger partial charge in [0.25, 0.3) is 5.91 Å². The number of nitrogens with zero attached hydrogens (tertiary/aromatic N) is 1. The zero-order chi connectivity index (χ0) is 14.2. The molecular weight excluding hydrogens is 256 g/mol. The minimum absolute atomic E-state index is 0.0384. The van der Waals surface area contributed by atoms with E-state index in [2.05, 4.69) is 10.5 Å². The first-order chi connectivity index (χ1) is 9.74. The molecule has 2 rings (SSSR count). The van der Waals surface area contributed by atoms with Crippen molar-refractivity contribution >= 4 is 5.91 Å². The minimum atomic E-state index is -0.114. The number of amides is 1. The van der Waals surface area contributed by atoms with E-state index in [1.54, 1.807) is 12.5 Å². The molecule has 0 atom stereocenters. The number of rotatable bonds is 7. The number of carbonyl (C=O) groups is 1. The molecule has 0 bridgehead atoms. The highest BCUT2D eigenvalue weighted by Crippen LogP contribution is 2.11. The van der Waals surface area contributed by atoms with E-state index in [1.807, 2.05) is 31.2 Å². The number of hydrogen-bond donors (Lipinski definition) is 1. The first-order valence-electron chi connectivity index (χ1n) is 6.58. The van der Waals surface area contributed by atoms with Gasteiger partial charge in [-0.25, -0.2) is 0 Å². The number of hydrogen-bond acceptors (Lipinski definition) is 4. The van der Waals surface area contributed by atoms with E-state index in [-0.39, 0.29) is 12.5 Å². The van der Waals surface area contributed by atoms with Gasteiger partial charge in [-0.15, -0.1) is 0 Å². The van der Waals surface area contributed by atoms with E-state index in [4.69, 9.17) is 9.26 Å². The van der Waals surface area contributed by atoms with Gasteiger partial charge in [0.1, 0.15) is 12.0 Å². The smallest absolute Gasteiger partial charge is 0.257 e. The largest absolute Gasteiger partial charge is 0.484 e. The molecule has 1 amide bonds. The zero-order valence-corrected chi connectivity index (χ0v) is 11.5. The fourth-order valence-electron chi connectivity index (χ4n) is 1.78. The second kappa shape index (κ2) is 7.33. The van der Waals surface area contributed by atoms with E-state index in [0.717, 1.165) is 24.0 Å². The maximum Gasteiger partial charge on any atom is 0.257 e. The predicted octanol–water partition coefficient (Wildman–Crippen LogP) is 2.11. The second-order valence-corrected chi connectivity index (χ2v) is 4.59. The van der Waals surface area contributed by atoms with Gasteiger partial charge in [-0.3, -0.25) is 4.79 Å². The summed E-state index contributed by atoms with van der Waals surface area (Å²) in [5.41, 5.74) is 2.15. The molecule has 20 heavy (non-hydrogen) atoms. The number of aryl methyl sites for hydroxylation is 2. The molecule has 1 heterocycles. The SMILES string of the molecule is Cc1cccc(OCC(=O)NCCCc2cnoc2)c1. The van der Waals surface area contributed by atoms with Crippen LogP contribution < -0.4 is 10.1 Å². The molecule has 0 aliphatic rings. The summed E-state index contributed by atoms with van der Waals surface area (Å²) in [4.78, 5) is 11.6. The van der Waals surface area contributed by atoms with E-state index in [0.29, 0.717) is 12.3 Å². The molecule has 2 aromatic rings. The Morgan fingerprint density at radius 1 is 1.45 bits per heavy atom. The molecule has 5 nitrogen and oxygen atoms in total.